The van der Waals surface area contributed by atoms with Crippen molar-refractivity contribution in [3.63, 3.8) is 0 Å². The van der Waals surface area contributed by atoms with Gasteiger partial charge in [-0.1, -0.05) is 218 Å². The summed E-state index contributed by atoms with van der Waals surface area (Å²) < 4.78 is 0. The Hall–Kier alpha value is -8.00. The first-order valence-corrected chi connectivity index (χ1v) is 21.4. The van der Waals surface area contributed by atoms with Crippen LogP contribution >= 0.6 is 0 Å². The Kier molecular flexibility index (Phi) is 9.48. The highest BCUT2D eigenvalue weighted by molar-refractivity contribution is 5.93. The highest BCUT2D eigenvalue weighted by Crippen LogP contribution is 2.58. The molecule has 0 amide bonds. The molecule has 0 N–H and O–H groups in total. The molecular weight excluding hydrogens is 747 g/mol. The van der Waals surface area contributed by atoms with Gasteiger partial charge in [0.05, 0.1) is 11.1 Å². The molecule has 62 heavy (non-hydrogen) atoms. The summed E-state index contributed by atoms with van der Waals surface area (Å²) in [6.07, 6.45) is 0. The minimum absolute atomic E-state index is 0.640. The summed E-state index contributed by atoms with van der Waals surface area (Å²) in [7, 11) is 0. The van der Waals surface area contributed by atoms with Crippen LogP contribution in [0.25, 0.3) is 55.6 Å². The first kappa shape index (κ1) is 37.0. The van der Waals surface area contributed by atoms with Gasteiger partial charge in [-0.25, -0.2) is 0 Å². The van der Waals surface area contributed by atoms with Crippen LogP contribution in [0.1, 0.15) is 22.3 Å². The molecule has 1 nitrogen and oxygen atoms in total. The van der Waals surface area contributed by atoms with Crippen LogP contribution in [0.2, 0.25) is 0 Å². The van der Waals surface area contributed by atoms with E-state index in [1.807, 2.05) is 0 Å². The van der Waals surface area contributed by atoms with Crippen LogP contribution < -0.4 is 4.90 Å². The van der Waals surface area contributed by atoms with Crippen molar-refractivity contribution in [3.8, 4) is 55.6 Å². The molecule has 292 valence electrons. The summed E-state index contributed by atoms with van der Waals surface area (Å²) >= 11 is 0. The van der Waals surface area contributed by atoms with Gasteiger partial charge in [-0.05, 0) is 115 Å². The molecule has 0 spiro atoms. The standard InChI is InChI=1S/C61H43N/c1-5-19-44(20-6-1)47-35-37-53(38-36-47)62(60-34-16-14-31-55(60)48-25-11-4-12-26-48)54-39-40-57-56-32-13-15-33-58(56)61(59(57)43-54,51-29-17-27-49(41-51)45-21-7-2-8-22-45)52-30-18-28-50(42-52)46-23-9-3-10-24-46/h1-43H. The van der Waals surface area contributed by atoms with Gasteiger partial charge in [-0.2, -0.15) is 0 Å². The van der Waals surface area contributed by atoms with E-state index in [9.17, 15) is 0 Å². The zero-order valence-corrected chi connectivity index (χ0v) is 34.3. The predicted molar refractivity (Wildman–Crippen MR) is 260 cm³/mol. The van der Waals surface area contributed by atoms with E-state index in [4.69, 9.17) is 0 Å². The number of anilines is 3. The van der Waals surface area contributed by atoms with E-state index in [-0.39, 0.29) is 0 Å². The van der Waals surface area contributed by atoms with Gasteiger partial charge in [-0.3, -0.25) is 0 Å². The molecule has 0 aromatic heterocycles. The number of hydrogen-bond acceptors (Lipinski definition) is 1. The lowest BCUT2D eigenvalue weighted by molar-refractivity contribution is 0.769. The molecule has 0 aliphatic heterocycles. The Morgan fingerprint density at radius 3 is 1.24 bits per heavy atom. The van der Waals surface area contributed by atoms with Crippen LogP contribution in [0, 0.1) is 0 Å². The molecule has 1 aliphatic rings. The zero-order valence-electron chi connectivity index (χ0n) is 34.3. The van der Waals surface area contributed by atoms with E-state index in [1.54, 1.807) is 0 Å². The number of nitrogens with zero attached hydrogens (tertiary/aromatic N) is 1. The second kappa shape index (κ2) is 15.9. The van der Waals surface area contributed by atoms with Crippen LogP contribution in [0.5, 0.6) is 0 Å². The first-order valence-electron chi connectivity index (χ1n) is 21.4. The van der Waals surface area contributed by atoms with Crippen LogP contribution in [-0.4, -0.2) is 0 Å². The number of hydrogen-bond donors (Lipinski definition) is 0. The molecule has 0 saturated heterocycles. The number of fused-ring (bicyclic) bond motifs is 3. The van der Waals surface area contributed by atoms with E-state index in [2.05, 4.69) is 266 Å². The van der Waals surface area contributed by atoms with Crippen molar-refractivity contribution in [2.24, 2.45) is 0 Å². The Balaban J connectivity index is 1.19. The lowest BCUT2D eigenvalue weighted by Crippen LogP contribution is -2.29. The maximum atomic E-state index is 2.48. The lowest BCUT2D eigenvalue weighted by atomic mass is 9.67. The Bertz CT molecular complexity index is 3070. The van der Waals surface area contributed by atoms with E-state index in [0.717, 1.165) is 17.1 Å². The molecule has 1 aliphatic carbocycles. The summed E-state index contributed by atoms with van der Waals surface area (Å²) in [5.41, 5.74) is 19.7. The van der Waals surface area contributed by atoms with Gasteiger partial charge in [-0.15, -0.1) is 0 Å². The third-order valence-corrected chi connectivity index (χ3v) is 12.6. The molecule has 0 radical (unpaired) electrons. The van der Waals surface area contributed by atoms with E-state index >= 15 is 0 Å². The van der Waals surface area contributed by atoms with Crippen LogP contribution in [-0.2, 0) is 5.41 Å². The number of para-hydroxylation sites is 1. The van der Waals surface area contributed by atoms with Crippen molar-refractivity contribution >= 4 is 17.1 Å². The van der Waals surface area contributed by atoms with Gasteiger partial charge >= 0.3 is 0 Å². The summed E-state index contributed by atoms with van der Waals surface area (Å²) in [5.74, 6) is 0. The smallest absolute Gasteiger partial charge is 0.0714 e. The van der Waals surface area contributed by atoms with Gasteiger partial charge in [0, 0.05) is 16.9 Å². The van der Waals surface area contributed by atoms with Crippen molar-refractivity contribution in [2.45, 2.75) is 5.41 Å². The first-order chi connectivity index (χ1) is 30.8. The molecule has 0 unspecified atom stereocenters. The fourth-order valence-electron chi connectivity index (χ4n) is 9.71. The second-order valence-corrected chi connectivity index (χ2v) is 16.1. The van der Waals surface area contributed by atoms with Crippen molar-refractivity contribution in [2.75, 3.05) is 4.90 Å². The quantitative estimate of drug-likeness (QED) is 0.141. The molecule has 1 heteroatoms. The van der Waals surface area contributed by atoms with Crippen molar-refractivity contribution in [3.05, 3.63) is 283 Å². The van der Waals surface area contributed by atoms with Crippen molar-refractivity contribution < 1.29 is 0 Å². The second-order valence-electron chi connectivity index (χ2n) is 16.1. The number of rotatable bonds is 9. The van der Waals surface area contributed by atoms with Crippen molar-refractivity contribution in [1.82, 2.24) is 0 Å². The SMILES string of the molecule is c1ccc(-c2ccc(N(c3ccc4c(c3)C(c3cccc(-c5ccccc5)c3)(c3cccc(-c5ccccc5)c3)c3ccccc3-4)c3ccccc3-c3ccccc3)cc2)cc1. The van der Waals surface area contributed by atoms with Gasteiger partial charge in [0.1, 0.15) is 0 Å². The summed E-state index contributed by atoms with van der Waals surface area (Å²) in [4.78, 5) is 2.45. The summed E-state index contributed by atoms with van der Waals surface area (Å²) in [6, 6.07) is 95.4. The molecule has 10 aromatic carbocycles. The van der Waals surface area contributed by atoms with Crippen molar-refractivity contribution in [1.29, 1.82) is 0 Å². The van der Waals surface area contributed by atoms with Crippen LogP contribution in [0.4, 0.5) is 17.1 Å². The third-order valence-electron chi connectivity index (χ3n) is 12.6. The normalized spacial score (nSPS) is 12.3. The average Bonchev–Trinajstić information content (AvgIpc) is 3.66. The van der Waals surface area contributed by atoms with Crippen LogP contribution in [0.15, 0.2) is 261 Å². The average molecular weight is 790 g/mol. The topological polar surface area (TPSA) is 3.24 Å². The molecule has 11 rings (SSSR count). The Labute approximate surface area is 364 Å². The monoisotopic (exact) mass is 789 g/mol. The van der Waals surface area contributed by atoms with E-state index < -0.39 is 5.41 Å². The molecule has 0 atom stereocenters. The summed E-state index contributed by atoms with van der Waals surface area (Å²) in [5, 5.41) is 0. The molecule has 10 aromatic rings. The molecule has 0 fully saturated rings. The van der Waals surface area contributed by atoms with Crippen LogP contribution in [0.3, 0.4) is 0 Å². The zero-order chi connectivity index (χ0) is 41.3. The minimum Gasteiger partial charge on any atom is -0.310 e. The minimum atomic E-state index is -0.640. The van der Waals surface area contributed by atoms with Gasteiger partial charge in [0.15, 0.2) is 0 Å². The maximum Gasteiger partial charge on any atom is 0.0714 e. The Morgan fingerprint density at radius 1 is 0.242 bits per heavy atom. The number of benzene rings is 10. The van der Waals surface area contributed by atoms with E-state index in [0.29, 0.717) is 0 Å². The Morgan fingerprint density at radius 2 is 0.661 bits per heavy atom. The van der Waals surface area contributed by atoms with Gasteiger partial charge < -0.3 is 4.90 Å². The summed E-state index contributed by atoms with van der Waals surface area (Å²) in [6.45, 7) is 0. The highest BCUT2D eigenvalue weighted by atomic mass is 15.1. The fraction of sp³-hybridized carbons (Fsp3) is 0.0164. The molecule has 0 heterocycles. The third kappa shape index (κ3) is 6.43. The fourth-order valence-corrected chi connectivity index (χ4v) is 9.71. The van der Waals surface area contributed by atoms with Gasteiger partial charge in [0.25, 0.3) is 0 Å². The maximum absolute atomic E-state index is 2.48. The lowest BCUT2D eigenvalue weighted by Gasteiger charge is -2.35. The molecule has 0 saturated carbocycles. The highest BCUT2D eigenvalue weighted by Gasteiger charge is 2.46. The largest absolute Gasteiger partial charge is 0.310 e. The van der Waals surface area contributed by atoms with E-state index in [1.165, 1.54) is 77.9 Å². The van der Waals surface area contributed by atoms with Gasteiger partial charge in [0.2, 0.25) is 0 Å². The molecular formula is C61H43N. The predicted octanol–water partition coefficient (Wildman–Crippen LogP) is 16.2. The molecule has 0 bridgehead atoms.